The Morgan fingerprint density at radius 1 is 1.15 bits per heavy atom. The van der Waals surface area contributed by atoms with Crippen LogP contribution in [0.3, 0.4) is 0 Å². The number of amides is 2. The van der Waals surface area contributed by atoms with Gasteiger partial charge in [-0.25, -0.2) is 0 Å². The highest BCUT2D eigenvalue weighted by atomic mass is 16.5. The van der Waals surface area contributed by atoms with E-state index in [0.717, 1.165) is 16.8 Å². The van der Waals surface area contributed by atoms with Gasteiger partial charge in [-0.1, -0.05) is 17.2 Å². The second-order valence-corrected chi connectivity index (χ2v) is 7.73. The number of hydrogen-bond acceptors (Lipinski definition) is 3. The Balaban J connectivity index is 1.89. The molecule has 0 radical (unpaired) electrons. The first-order chi connectivity index (χ1) is 12.7. The van der Waals surface area contributed by atoms with Crippen molar-refractivity contribution in [3.63, 3.8) is 0 Å². The lowest BCUT2D eigenvalue weighted by atomic mass is 9.93. The standard InChI is InChI=1S/C22H26N2O3/c1-6-24-18-8-7-17(12-19(18)27-13-22(4,5)21(24)26)23-20(25)16-10-14(2)9-15(3)11-16/h7-12H,6,13H2,1-5H3,(H,23,25). The molecule has 3 rings (SSSR count). The van der Waals surface area contributed by atoms with Crippen molar-refractivity contribution in [2.75, 3.05) is 23.4 Å². The van der Waals surface area contributed by atoms with Gasteiger partial charge in [0.1, 0.15) is 12.4 Å². The van der Waals surface area contributed by atoms with Gasteiger partial charge in [0.25, 0.3) is 5.91 Å². The number of anilines is 2. The molecule has 0 spiro atoms. The summed E-state index contributed by atoms with van der Waals surface area (Å²) in [7, 11) is 0. The maximum absolute atomic E-state index is 12.7. The average Bonchev–Trinajstić information content (AvgIpc) is 2.69. The van der Waals surface area contributed by atoms with Crippen molar-refractivity contribution in [3.05, 3.63) is 53.1 Å². The molecule has 2 aromatic carbocycles. The van der Waals surface area contributed by atoms with Crippen LogP contribution in [0.2, 0.25) is 0 Å². The lowest BCUT2D eigenvalue weighted by Gasteiger charge is -2.26. The van der Waals surface area contributed by atoms with Crippen molar-refractivity contribution < 1.29 is 14.3 Å². The number of aryl methyl sites for hydroxylation is 2. The third-order valence-corrected chi connectivity index (χ3v) is 4.72. The molecule has 5 heteroatoms. The Kier molecular flexibility index (Phi) is 4.96. The van der Waals surface area contributed by atoms with Crippen LogP contribution in [0.25, 0.3) is 0 Å². The molecule has 0 bridgehead atoms. The van der Waals surface area contributed by atoms with Gasteiger partial charge >= 0.3 is 0 Å². The summed E-state index contributed by atoms with van der Waals surface area (Å²) in [6.07, 6.45) is 0. The lowest BCUT2D eigenvalue weighted by molar-refractivity contribution is -0.127. The van der Waals surface area contributed by atoms with Crippen molar-refractivity contribution in [2.24, 2.45) is 5.41 Å². The number of fused-ring (bicyclic) bond motifs is 1. The zero-order chi connectivity index (χ0) is 19.8. The molecule has 0 unspecified atom stereocenters. The fraction of sp³-hybridized carbons (Fsp3) is 0.364. The quantitative estimate of drug-likeness (QED) is 0.880. The van der Waals surface area contributed by atoms with Crippen LogP contribution in [0, 0.1) is 19.3 Å². The highest BCUT2D eigenvalue weighted by Crippen LogP contribution is 2.38. The minimum atomic E-state index is -0.600. The van der Waals surface area contributed by atoms with Crippen LogP contribution in [0.15, 0.2) is 36.4 Å². The van der Waals surface area contributed by atoms with E-state index in [2.05, 4.69) is 5.32 Å². The third-order valence-electron chi connectivity index (χ3n) is 4.72. The summed E-state index contributed by atoms with van der Waals surface area (Å²) in [5.41, 5.74) is 3.49. The molecule has 142 valence electrons. The molecule has 1 aliphatic rings. The number of carbonyl (C=O) groups is 2. The zero-order valence-electron chi connectivity index (χ0n) is 16.6. The Labute approximate surface area is 160 Å². The Bertz CT molecular complexity index is 882. The molecule has 2 aromatic rings. The third kappa shape index (κ3) is 3.82. The normalized spacial score (nSPS) is 15.6. The van der Waals surface area contributed by atoms with E-state index in [9.17, 15) is 9.59 Å². The smallest absolute Gasteiger partial charge is 0.255 e. The van der Waals surface area contributed by atoms with Crippen molar-refractivity contribution in [3.8, 4) is 5.75 Å². The fourth-order valence-corrected chi connectivity index (χ4v) is 3.35. The number of benzene rings is 2. The van der Waals surface area contributed by atoms with Crippen LogP contribution in [-0.4, -0.2) is 25.0 Å². The van der Waals surface area contributed by atoms with Crippen LogP contribution < -0.4 is 15.0 Å². The maximum atomic E-state index is 12.7. The summed E-state index contributed by atoms with van der Waals surface area (Å²) >= 11 is 0. The van der Waals surface area contributed by atoms with E-state index < -0.39 is 5.41 Å². The van der Waals surface area contributed by atoms with Crippen LogP contribution in [0.1, 0.15) is 42.3 Å². The van der Waals surface area contributed by atoms with E-state index in [1.54, 1.807) is 17.0 Å². The van der Waals surface area contributed by atoms with E-state index in [-0.39, 0.29) is 11.8 Å². The first-order valence-corrected chi connectivity index (χ1v) is 9.20. The van der Waals surface area contributed by atoms with Gasteiger partial charge in [-0.15, -0.1) is 0 Å². The number of carbonyl (C=O) groups excluding carboxylic acids is 2. The molecule has 2 amide bonds. The van der Waals surface area contributed by atoms with Gasteiger partial charge in [-0.05, 0) is 58.9 Å². The van der Waals surface area contributed by atoms with Crippen LogP contribution in [-0.2, 0) is 4.79 Å². The highest BCUT2D eigenvalue weighted by Gasteiger charge is 2.37. The summed E-state index contributed by atoms with van der Waals surface area (Å²) in [6, 6.07) is 11.2. The van der Waals surface area contributed by atoms with Gasteiger partial charge in [0.15, 0.2) is 0 Å². The van der Waals surface area contributed by atoms with Crippen LogP contribution in [0.4, 0.5) is 11.4 Å². The molecule has 0 saturated carbocycles. The number of ether oxygens (including phenoxy) is 1. The zero-order valence-corrected chi connectivity index (χ0v) is 16.6. The van der Waals surface area contributed by atoms with E-state index in [1.807, 2.05) is 58.9 Å². The molecule has 5 nitrogen and oxygen atoms in total. The topological polar surface area (TPSA) is 58.6 Å². The van der Waals surface area contributed by atoms with Gasteiger partial charge in [0, 0.05) is 23.9 Å². The molecule has 27 heavy (non-hydrogen) atoms. The Morgan fingerprint density at radius 2 is 1.81 bits per heavy atom. The van der Waals surface area contributed by atoms with E-state index in [1.165, 1.54) is 0 Å². The maximum Gasteiger partial charge on any atom is 0.255 e. The van der Waals surface area contributed by atoms with Crippen molar-refractivity contribution in [2.45, 2.75) is 34.6 Å². The summed E-state index contributed by atoms with van der Waals surface area (Å²) in [4.78, 5) is 27.1. The molecule has 1 aliphatic heterocycles. The summed E-state index contributed by atoms with van der Waals surface area (Å²) in [5.74, 6) is 0.476. The predicted octanol–water partition coefficient (Wildman–Crippen LogP) is 4.33. The van der Waals surface area contributed by atoms with Gasteiger partial charge in [0.2, 0.25) is 5.91 Å². The van der Waals surface area contributed by atoms with Crippen molar-refractivity contribution in [1.82, 2.24) is 0 Å². The van der Waals surface area contributed by atoms with Gasteiger partial charge in [-0.2, -0.15) is 0 Å². The summed E-state index contributed by atoms with van der Waals surface area (Å²) in [5, 5.41) is 2.93. The lowest BCUT2D eigenvalue weighted by Crippen LogP contribution is -2.42. The molecule has 0 aromatic heterocycles. The van der Waals surface area contributed by atoms with Gasteiger partial charge < -0.3 is 15.0 Å². The van der Waals surface area contributed by atoms with Crippen LogP contribution in [0.5, 0.6) is 5.75 Å². The van der Waals surface area contributed by atoms with Gasteiger partial charge in [0.05, 0.1) is 11.1 Å². The predicted molar refractivity (Wildman–Crippen MR) is 108 cm³/mol. The number of rotatable bonds is 3. The molecular formula is C22H26N2O3. The Morgan fingerprint density at radius 3 is 2.44 bits per heavy atom. The summed E-state index contributed by atoms with van der Waals surface area (Å²) in [6.45, 7) is 10.5. The molecule has 1 N–H and O–H groups in total. The minimum Gasteiger partial charge on any atom is -0.490 e. The van der Waals surface area contributed by atoms with Crippen molar-refractivity contribution in [1.29, 1.82) is 0 Å². The van der Waals surface area contributed by atoms with E-state index >= 15 is 0 Å². The largest absolute Gasteiger partial charge is 0.490 e. The number of nitrogens with one attached hydrogen (secondary N) is 1. The molecule has 0 fully saturated rings. The Hall–Kier alpha value is -2.82. The molecule has 0 aliphatic carbocycles. The second kappa shape index (κ2) is 7.06. The second-order valence-electron chi connectivity index (χ2n) is 7.73. The first kappa shape index (κ1) is 19.0. The van der Waals surface area contributed by atoms with Crippen molar-refractivity contribution >= 4 is 23.2 Å². The first-order valence-electron chi connectivity index (χ1n) is 9.20. The summed E-state index contributed by atoms with van der Waals surface area (Å²) < 4.78 is 5.92. The SMILES string of the molecule is CCN1C(=O)C(C)(C)COc2cc(NC(=O)c3cc(C)cc(C)c3)ccc21. The minimum absolute atomic E-state index is 0.0378. The monoisotopic (exact) mass is 366 g/mol. The molecule has 0 atom stereocenters. The van der Waals surface area contributed by atoms with E-state index in [0.29, 0.717) is 30.2 Å². The number of nitrogens with zero attached hydrogens (tertiary/aromatic N) is 1. The van der Waals surface area contributed by atoms with Gasteiger partial charge in [-0.3, -0.25) is 9.59 Å². The molecule has 0 saturated heterocycles. The van der Waals surface area contributed by atoms with Crippen LogP contribution >= 0.6 is 0 Å². The number of hydrogen-bond donors (Lipinski definition) is 1. The highest BCUT2D eigenvalue weighted by molar-refractivity contribution is 6.05. The van der Waals surface area contributed by atoms with E-state index in [4.69, 9.17) is 4.74 Å². The molecular weight excluding hydrogens is 340 g/mol. The fourth-order valence-electron chi connectivity index (χ4n) is 3.35. The molecule has 1 heterocycles. The average molecular weight is 366 g/mol.